The van der Waals surface area contributed by atoms with E-state index in [4.69, 9.17) is 11.6 Å². The van der Waals surface area contributed by atoms with Gasteiger partial charge in [0.05, 0.1) is 5.69 Å². The van der Waals surface area contributed by atoms with Crippen LogP contribution >= 0.6 is 23.4 Å². The van der Waals surface area contributed by atoms with Gasteiger partial charge in [0.25, 0.3) is 0 Å². The van der Waals surface area contributed by atoms with Gasteiger partial charge in [-0.2, -0.15) is 0 Å². The zero-order valence-corrected chi connectivity index (χ0v) is 18.6. The van der Waals surface area contributed by atoms with Crippen molar-refractivity contribution >= 4 is 29.3 Å². The van der Waals surface area contributed by atoms with Crippen molar-refractivity contribution in [3.63, 3.8) is 0 Å². The summed E-state index contributed by atoms with van der Waals surface area (Å²) in [4.78, 5) is 12.1. The predicted octanol–water partition coefficient (Wildman–Crippen LogP) is 5.44. The number of carbonyl (C=O) groups is 1. The number of nitrogens with zero attached hydrogens (tertiary/aromatic N) is 3. The lowest BCUT2D eigenvalue weighted by molar-refractivity contribution is -0.121. The Morgan fingerprint density at radius 2 is 2.23 bits per heavy atom. The molecule has 1 aliphatic carbocycles. The molecule has 1 aliphatic rings. The molecule has 1 heterocycles. The maximum Gasteiger partial charge on any atom is 0.220 e. The number of amides is 1. The van der Waals surface area contributed by atoms with Gasteiger partial charge in [-0.25, -0.2) is 4.39 Å². The van der Waals surface area contributed by atoms with Crippen LogP contribution in [0.5, 0.6) is 0 Å². The molecule has 0 saturated carbocycles. The summed E-state index contributed by atoms with van der Waals surface area (Å²) in [5, 5.41) is 12.9. The second-order valence-corrected chi connectivity index (χ2v) is 8.52. The van der Waals surface area contributed by atoms with Crippen LogP contribution in [0.1, 0.15) is 44.9 Å². The number of hydrogen-bond donors (Lipinski definition) is 1. The molecule has 1 aromatic carbocycles. The Kier molecular flexibility index (Phi) is 8.51. The van der Waals surface area contributed by atoms with Crippen molar-refractivity contribution in [2.75, 3.05) is 12.3 Å². The molecule has 2 aromatic rings. The largest absolute Gasteiger partial charge is 0.356 e. The molecule has 0 saturated heterocycles. The number of unbranched alkanes of at least 4 members (excludes halogenated alkanes) is 1. The summed E-state index contributed by atoms with van der Waals surface area (Å²) >= 11 is 7.71. The first-order valence-corrected chi connectivity index (χ1v) is 11.6. The number of allylic oxidation sites excluding steroid dienone is 3. The number of nitrogens with one attached hydrogen (secondary N) is 1. The van der Waals surface area contributed by atoms with Gasteiger partial charge >= 0.3 is 0 Å². The minimum absolute atomic E-state index is 0.00733. The zero-order valence-electron chi connectivity index (χ0n) is 17.0. The SMILES string of the molecule is CCCCNC(=O)CCc1nnc(SCC2=CC(F)=CCC2)n1-c1cccc(Cl)c1. The first-order valence-electron chi connectivity index (χ1n) is 10.2. The molecule has 0 spiro atoms. The molecule has 5 nitrogen and oxygen atoms in total. The van der Waals surface area contributed by atoms with Crippen LogP contribution in [-0.4, -0.2) is 33.0 Å². The Hall–Kier alpha value is -2.12. The number of thioether (sulfide) groups is 1. The summed E-state index contributed by atoms with van der Waals surface area (Å²) in [5.41, 5.74) is 1.89. The third-order valence-corrected chi connectivity index (χ3v) is 6.00. The standard InChI is InChI=1S/C22H26ClFN4OS/c1-2-3-12-25-21(29)11-10-20-26-27-22(28(20)19-9-5-7-17(23)14-19)30-15-16-6-4-8-18(24)13-16/h5,7-9,13-14H,2-4,6,10-12,15H2,1H3,(H,25,29). The highest BCUT2D eigenvalue weighted by atomic mass is 35.5. The molecule has 0 aliphatic heterocycles. The van der Waals surface area contributed by atoms with E-state index in [-0.39, 0.29) is 11.7 Å². The zero-order chi connectivity index (χ0) is 21.3. The van der Waals surface area contributed by atoms with E-state index in [1.165, 1.54) is 11.8 Å². The quantitative estimate of drug-likeness (QED) is 0.388. The van der Waals surface area contributed by atoms with Crippen LogP contribution in [0.25, 0.3) is 5.69 Å². The Morgan fingerprint density at radius 3 is 3.00 bits per heavy atom. The van der Waals surface area contributed by atoms with Crippen LogP contribution in [0.2, 0.25) is 5.02 Å². The Balaban J connectivity index is 1.75. The van der Waals surface area contributed by atoms with E-state index in [0.717, 1.165) is 36.9 Å². The topological polar surface area (TPSA) is 59.8 Å². The number of aryl methyl sites for hydroxylation is 1. The van der Waals surface area contributed by atoms with E-state index >= 15 is 0 Å². The lowest BCUT2D eigenvalue weighted by Crippen LogP contribution is -2.24. The normalized spacial score (nSPS) is 13.7. The van der Waals surface area contributed by atoms with Crippen LogP contribution in [0.4, 0.5) is 4.39 Å². The van der Waals surface area contributed by atoms with E-state index in [1.54, 1.807) is 12.2 Å². The smallest absolute Gasteiger partial charge is 0.220 e. The van der Waals surface area contributed by atoms with Crippen LogP contribution in [0.15, 0.2) is 53.0 Å². The molecule has 1 amide bonds. The Bertz CT molecular complexity index is 941. The maximum absolute atomic E-state index is 13.5. The predicted molar refractivity (Wildman–Crippen MR) is 120 cm³/mol. The average Bonchev–Trinajstić information content (AvgIpc) is 3.14. The van der Waals surface area contributed by atoms with Crippen LogP contribution < -0.4 is 5.32 Å². The molecule has 0 unspecified atom stereocenters. The lowest BCUT2D eigenvalue weighted by atomic mass is 10.1. The van der Waals surface area contributed by atoms with Gasteiger partial charge in [-0.3, -0.25) is 9.36 Å². The van der Waals surface area contributed by atoms with E-state index in [1.807, 2.05) is 28.8 Å². The Morgan fingerprint density at radius 1 is 1.37 bits per heavy atom. The van der Waals surface area contributed by atoms with Crippen molar-refractivity contribution in [3.05, 3.63) is 58.7 Å². The van der Waals surface area contributed by atoms with Gasteiger partial charge in [0.2, 0.25) is 5.91 Å². The minimum atomic E-state index is -0.178. The van der Waals surface area contributed by atoms with Gasteiger partial charge in [0, 0.05) is 30.2 Å². The van der Waals surface area contributed by atoms with Crippen LogP contribution in [0.3, 0.4) is 0 Å². The fourth-order valence-electron chi connectivity index (χ4n) is 3.14. The summed E-state index contributed by atoms with van der Waals surface area (Å²) in [5.74, 6) is 1.17. The molecule has 0 atom stereocenters. The van der Waals surface area contributed by atoms with Gasteiger partial charge < -0.3 is 5.32 Å². The second-order valence-electron chi connectivity index (χ2n) is 7.14. The third-order valence-electron chi connectivity index (χ3n) is 4.73. The van der Waals surface area contributed by atoms with Crippen molar-refractivity contribution in [2.45, 2.75) is 50.6 Å². The fourth-order valence-corrected chi connectivity index (χ4v) is 4.31. The highest BCUT2D eigenvalue weighted by molar-refractivity contribution is 7.99. The summed E-state index contributed by atoms with van der Waals surface area (Å²) in [6, 6.07) is 7.47. The second kappa shape index (κ2) is 11.3. The minimum Gasteiger partial charge on any atom is -0.356 e. The summed E-state index contributed by atoms with van der Waals surface area (Å²) in [6.45, 7) is 2.78. The van der Waals surface area contributed by atoms with Crippen molar-refractivity contribution in [1.82, 2.24) is 20.1 Å². The molecule has 8 heteroatoms. The van der Waals surface area contributed by atoms with E-state index in [9.17, 15) is 9.18 Å². The van der Waals surface area contributed by atoms with Gasteiger partial charge in [0.1, 0.15) is 11.7 Å². The highest BCUT2D eigenvalue weighted by Gasteiger charge is 2.17. The third kappa shape index (κ3) is 6.44. The molecule has 3 rings (SSSR count). The van der Waals surface area contributed by atoms with E-state index < -0.39 is 0 Å². The van der Waals surface area contributed by atoms with Crippen molar-refractivity contribution in [3.8, 4) is 5.69 Å². The number of carbonyl (C=O) groups excluding carboxylic acids is 1. The number of halogens is 2. The molecule has 1 aromatic heterocycles. The Labute approximate surface area is 185 Å². The maximum atomic E-state index is 13.5. The highest BCUT2D eigenvalue weighted by Crippen LogP contribution is 2.28. The van der Waals surface area contributed by atoms with E-state index in [0.29, 0.717) is 41.1 Å². The summed E-state index contributed by atoms with van der Waals surface area (Å²) in [7, 11) is 0. The summed E-state index contributed by atoms with van der Waals surface area (Å²) in [6.07, 6.45) is 7.59. The molecular formula is C22H26ClFN4OS. The molecule has 160 valence electrons. The summed E-state index contributed by atoms with van der Waals surface area (Å²) < 4.78 is 15.5. The number of benzene rings is 1. The van der Waals surface area contributed by atoms with Crippen molar-refractivity contribution in [2.24, 2.45) is 0 Å². The molecule has 0 bridgehead atoms. The molecule has 0 fully saturated rings. The number of rotatable bonds is 10. The molecular weight excluding hydrogens is 423 g/mol. The van der Waals surface area contributed by atoms with Crippen LogP contribution in [-0.2, 0) is 11.2 Å². The first kappa shape index (κ1) is 22.6. The number of hydrogen-bond acceptors (Lipinski definition) is 4. The molecule has 30 heavy (non-hydrogen) atoms. The van der Waals surface area contributed by atoms with Gasteiger partial charge in [-0.1, -0.05) is 48.3 Å². The monoisotopic (exact) mass is 448 g/mol. The fraction of sp³-hybridized carbons (Fsp3) is 0.409. The van der Waals surface area contributed by atoms with Crippen molar-refractivity contribution < 1.29 is 9.18 Å². The van der Waals surface area contributed by atoms with Crippen molar-refractivity contribution in [1.29, 1.82) is 0 Å². The lowest BCUT2D eigenvalue weighted by Gasteiger charge is -2.12. The molecule has 0 radical (unpaired) electrons. The first-order chi connectivity index (χ1) is 14.6. The van der Waals surface area contributed by atoms with E-state index in [2.05, 4.69) is 22.4 Å². The number of aromatic nitrogens is 3. The molecule has 1 N–H and O–H groups in total. The average molecular weight is 449 g/mol. The van der Waals surface area contributed by atoms with Gasteiger partial charge in [-0.15, -0.1) is 10.2 Å². The van der Waals surface area contributed by atoms with Gasteiger partial charge in [0.15, 0.2) is 5.16 Å². The van der Waals surface area contributed by atoms with Crippen LogP contribution in [0, 0.1) is 0 Å². The van der Waals surface area contributed by atoms with Gasteiger partial charge in [-0.05, 0) is 49.6 Å².